The van der Waals surface area contributed by atoms with Crippen molar-refractivity contribution in [1.82, 2.24) is 0 Å². The normalized spacial score (nSPS) is 18.5. The average Bonchev–Trinajstić information content (AvgIpc) is 1.67. The van der Waals surface area contributed by atoms with Crippen LogP contribution in [0.15, 0.2) is 0 Å². The quantitative estimate of drug-likeness (QED) is 0.513. The van der Waals surface area contributed by atoms with E-state index in [0.717, 1.165) is 0 Å². The highest BCUT2D eigenvalue weighted by molar-refractivity contribution is 7.73. The van der Waals surface area contributed by atoms with Crippen molar-refractivity contribution >= 4 is 10.7 Å². The minimum atomic E-state index is -2.47. The molecule has 0 amide bonds. The van der Waals surface area contributed by atoms with E-state index in [1.165, 1.54) is 6.92 Å². The molecule has 0 radical (unpaired) electrons. The minimum Gasteiger partial charge on any atom is -0.313 e. The lowest BCUT2D eigenvalue weighted by Crippen LogP contribution is -2.36. The number of rotatable bonds is 2. The van der Waals surface area contributed by atoms with Crippen LogP contribution in [0.1, 0.15) is 20.3 Å². The van der Waals surface area contributed by atoms with E-state index in [4.69, 9.17) is 5.73 Å². The fourth-order valence-corrected chi connectivity index (χ4v) is 0.387. The van der Waals surface area contributed by atoms with Crippen LogP contribution in [0.5, 0.6) is 0 Å². The smallest absolute Gasteiger partial charge is 0.158 e. The molecule has 1 atom stereocenters. The first-order valence-electron chi connectivity index (χ1n) is 2.44. The lowest BCUT2D eigenvalue weighted by atomic mass is 10.3. The Morgan fingerprint density at radius 1 is 1.62 bits per heavy atom. The predicted molar refractivity (Wildman–Crippen MR) is 33.2 cm³/mol. The predicted octanol–water partition coefficient (Wildman–Crippen LogP) is -0.317. The topological polar surface area (TPSA) is 60.2 Å². The maximum absolute atomic E-state index is 10.2. The van der Waals surface area contributed by atoms with E-state index < -0.39 is 15.6 Å². The van der Waals surface area contributed by atoms with Crippen LogP contribution in [0.4, 0.5) is 0 Å². The van der Waals surface area contributed by atoms with Crippen molar-refractivity contribution in [2.24, 2.45) is 5.73 Å². The van der Waals surface area contributed by atoms with Gasteiger partial charge in [-0.3, -0.25) is 0 Å². The Kier molecular flexibility index (Phi) is 2.43. The van der Waals surface area contributed by atoms with Crippen LogP contribution in [0.2, 0.25) is 0 Å². The van der Waals surface area contributed by atoms with E-state index >= 15 is 0 Å². The lowest BCUT2D eigenvalue weighted by molar-refractivity contribution is 0.547. The van der Waals surface area contributed by atoms with Gasteiger partial charge in [-0.25, -0.2) is 8.42 Å². The Balaban J connectivity index is 4.13. The lowest BCUT2D eigenvalue weighted by Gasteiger charge is -2.12. The highest BCUT2D eigenvalue weighted by atomic mass is 32.2. The molecule has 3 nitrogen and oxygen atoms in total. The second kappa shape index (κ2) is 2.46. The molecule has 0 aliphatic rings. The summed E-state index contributed by atoms with van der Waals surface area (Å²) in [4.78, 5) is -1.00. The first-order valence-corrected chi connectivity index (χ1v) is 3.62. The summed E-state index contributed by atoms with van der Waals surface area (Å²) in [6.45, 7) is 3.24. The molecule has 0 saturated carbocycles. The first-order chi connectivity index (χ1) is 3.50. The van der Waals surface area contributed by atoms with Gasteiger partial charge in [-0.05, 0) is 13.3 Å². The van der Waals surface area contributed by atoms with Crippen LogP contribution in [-0.4, -0.2) is 13.3 Å². The van der Waals surface area contributed by atoms with Crippen LogP contribution >= 0.6 is 0 Å². The number of nitrogens with two attached hydrogens (primary N) is 1. The van der Waals surface area contributed by atoms with Gasteiger partial charge in [0.05, 0.1) is 0 Å². The third-order valence-corrected chi connectivity index (χ3v) is 2.28. The average molecular weight is 137 g/mol. The van der Waals surface area contributed by atoms with E-state index in [9.17, 15) is 8.42 Å². The van der Waals surface area contributed by atoms with Crippen LogP contribution < -0.4 is 5.73 Å². The summed E-state index contributed by atoms with van der Waals surface area (Å²) >= 11 is 0. The molecule has 0 aromatic carbocycles. The van der Waals surface area contributed by atoms with E-state index in [0.29, 0.717) is 6.42 Å². The molecule has 0 spiro atoms. The summed E-state index contributed by atoms with van der Waals surface area (Å²) in [5, 5.41) is 0. The molecule has 0 fully saturated rings. The zero-order valence-electron chi connectivity index (χ0n) is 5.05. The van der Waals surface area contributed by atoms with Gasteiger partial charge < -0.3 is 5.73 Å². The highest BCUT2D eigenvalue weighted by Crippen LogP contribution is 2.03. The van der Waals surface area contributed by atoms with Gasteiger partial charge >= 0.3 is 0 Å². The Bertz CT molecular complexity index is 131. The second-order valence-electron chi connectivity index (χ2n) is 1.97. The molecule has 0 aromatic rings. The molecule has 0 rings (SSSR count). The summed E-state index contributed by atoms with van der Waals surface area (Å²) < 4.78 is 20.3. The van der Waals surface area contributed by atoms with Gasteiger partial charge in [0.1, 0.15) is 4.87 Å². The summed E-state index contributed by atoms with van der Waals surface area (Å²) in [6, 6.07) is 0. The Morgan fingerprint density at radius 2 is 2.00 bits per heavy atom. The van der Waals surface area contributed by atoms with Crippen molar-refractivity contribution < 1.29 is 8.42 Å². The van der Waals surface area contributed by atoms with Gasteiger partial charge in [0.25, 0.3) is 0 Å². The SMILES string of the molecule is CCC(C)(N)[SH](=O)=O. The molecule has 0 heterocycles. The Labute approximate surface area is 50.8 Å². The fourth-order valence-electron chi connectivity index (χ4n) is 0.129. The summed E-state index contributed by atoms with van der Waals surface area (Å²) in [7, 11) is -2.47. The second-order valence-corrected chi connectivity index (χ2v) is 3.50. The number of hydrogen-bond donors (Lipinski definition) is 2. The van der Waals surface area contributed by atoms with Crippen molar-refractivity contribution in [2.45, 2.75) is 25.1 Å². The molecule has 4 heteroatoms. The zero-order chi connectivity index (χ0) is 6.78. The molecular formula is C4H11NO2S. The van der Waals surface area contributed by atoms with Gasteiger partial charge in [-0.15, -0.1) is 0 Å². The molecule has 1 unspecified atom stereocenters. The van der Waals surface area contributed by atoms with E-state index in [1.54, 1.807) is 6.92 Å². The molecular weight excluding hydrogens is 126 g/mol. The van der Waals surface area contributed by atoms with Gasteiger partial charge in [0, 0.05) is 0 Å². The standard InChI is InChI=1S/C4H11NO2S/c1-3-4(2,5)8(6)7/h8H,3,5H2,1-2H3. The van der Waals surface area contributed by atoms with E-state index in [1.807, 2.05) is 0 Å². The van der Waals surface area contributed by atoms with Crippen LogP contribution in [0.3, 0.4) is 0 Å². The molecule has 2 N–H and O–H groups in total. The van der Waals surface area contributed by atoms with Crippen LogP contribution in [-0.2, 0) is 10.7 Å². The zero-order valence-corrected chi connectivity index (χ0v) is 5.94. The molecule has 0 aliphatic heterocycles. The third kappa shape index (κ3) is 1.79. The maximum Gasteiger partial charge on any atom is 0.158 e. The van der Waals surface area contributed by atoms with Crippen molar-refractivity contribution in [3.05, 3.63) is 0 Å². The van der Waals surface area contributed by atoms with E-state index in [2.05, 4.69) is 0 Å². The van der Waals surface area contributed by atoms with Crippen LogP contribution in [0, 0.1) is 0 Å². The fraction of sp³-hybridized carbons (Fsp3) is 1.00. The van der Waals surface area contributed by atoms with Gasteiger partial charge in [-0.1, -0.05) is 6.92 Å². The third-order valence-electron chi connectivity index (χ3n) is 1.13. The van der Waals surface area contributed by atoms with Gasteiger partial charge in [0.15, 0.2) is 10.7 Å². The Morgan fingerprint density at radius 3 is 2.00 bits per heavy atom. The monoisotopic (exact) mass is 137 g/mol. The molecule has 50 valence electrons. The first kappa shape index (κ1) is 7.91. The number of thiol groups is 1. The van der Waals surface area contributed by atoms with E-state index in [-0.39, 0.29) is 0 Å². The van der Waals surface area contributed by atoms with Gasteiger partial charge in [-0.2, -0.15) is 0 Å². The van der Waals surface area contributed by atoms with Gasteiger partial charge in [0.2, 0.25) is 0 Å². The largest absolute Gasteiger partial charge is 0.313 e. The molecule has 0 aliphatic carbocycles. The maximum atomic E-state index is 10.2. The number of hydrogen-bond acceptors (Lipinski definition) is 3. The summed E-state index contributed by atoms with van der Waals surface area (Å²) in [5.74, 6) is 0. The Hall–Kier alpha value is -0.0900. The van der Waals surface area contributed by atoms with Crippen molar-refractivity contribution in [3.63, 3.8) is 0 Å². The molecule has 0 aromatic heterocycles. The summed E-state index contributed by atoms with van der Waals surface area (Å²) in [5.41, 5.74) is 5.26. The van der Waals surface area contributed by atoms with Crippen LogP contribution in [0.25, 0.3) is 0 Å². The molecule has 0 bridgehead atoms. The molecule has 0 saturated heterocycles. The minimum absolute atomic E-state index is 0.464. The highest BCUT2D eigenvalue weighted by Gasteiger charge is 2.17. The summed E-state index contributed by atoms with van der Waals surface area (Å²) in [6.07, 6.45) is 0.464. The molecule has 8 heavy (non-hydrogen) atoms. The van der Waals surface area contributed by atoms with Crippen molar-refractivity contribution in [2.75, 3.05) is 0 Å². The van der Waals surface area contributed by atoms with Crippen molar-refractivity contribution in [3.8, 4) is 0 Å². The van der Waals surface area contributed by atoms with Crippen molar-refractivity contribution in [1.29, 1.82) is 0 Å².